The third-order valence-electron chi connectivity index (χ3n) is 3.93. The highest BCUT2D eigenvalue weighted by atomic mass is 35.5. The molecule has 0 saturated heterocycles. The summed E-state index contributed by atoms with van der Waals surface area (Å²) in [5, 5.41) is 19.7. The minimum Gasteiger partial charge on any atom is -0.273 e. The van der Waals surface area contributed by atoms with Gasteiger partial charge >= 0.3 is 0 Å². The number of nitro groups is 1. The van der Waals surface area contributed by atoms with Crippen molar-refractivity contribution >= 4 is 29.4 Å². The van der Waals surface area contributed by atoms with Gasteiger partial charge in [0, 0.05) is 28.9 Å². The number of nitro benzene ring substituents is 1. The second-order valence-corrected chi connectivity index (χ2v) is 6.42. The number of halogens is 1. The molecule has 0 radical (unpaired) electrons. The van der Waals surface area contributed by atoms with Crippen molar-refractivity contribution < 1.29 is 9.72 Å². The minimum atomic E-state index is -0.455. The van der Waals surface area contributed by atoms with Gasteiger partial charge in [-0.05, 0) is 36.8 Å². The van der Waals surface area contributed by atoms with Crippen LogP contribution in [-0.4, -0.2) is 26.8 Å². The number of carbonyl (C=O) groups excluding carboxylic acids is 1. The van der Waals surface area contributed by atoms with Crippen molar-refractivity contribution in [2.45, 2.75) is 13.3 Å². The van der Waals surface area contributed by atoms with Crippen LogP contribution in [0.15, 0.2) is 59.8 Å². The number of aryl methyl sites for hydroxylation is 1. The minimum absolute atomic E-state index is 0.0119. The van der Waals surface area contributed by atoms with Crippen LogP contribution < -0.4 is 5.43 Å². The third-order valence-corrected chi connectivity index (χ3v) is 4.18. The molecule has 1 heterocycles. The van der Waals surface area contributed by atoms with Gasteiger partial charge in [-0.2, -0.15) is 10.2 Å². The van der Waals surface area contributed by atoms with E-state index in [2.05, 4.69) is 15.6 Å². The van der Waals surface area contributed by atoms with Gasteiger partial charge in [0.25, 0.3) is 5.69 Å². The summed E-state index contributed by atoms with van der Waals surface area (Å²) in [6.07, 6.45) is 3.42. The fourth-order valence-corrected chi connectivity index (χ4v) is 2.59. The van der Waals surface area contributed by atoms with E-state index in [1.165, 1.54) is 18.3 Å². The molecular weight excluding hydrogens is 382 g/mol. The van der Waals surface area contributed by atoms with Crippen molar-refractivity contribution in [3.05, 3.63) is 86.7 Å². The van der Waals surface area contributed by atoms with Crippen LogP contribution in [0.3, 0.4) is 0 Å². The molecule has 2 aromatic carbocycles. The molecule has 3 rings (SSSR count). The summed E-state index contributed by atoms with van der Waals surface area (Å²) in [6.45, 7) is 1.80. The summed E-state index contributed by atoms with van der Waals surface area (Å²) in [5.41, 5.74) is 5.42. The van der Waals surface area contributed by atoms with Crippen LogP contribution >= 0.6 is 11.6 Å². The van der Waals surface area contributed by atoms with E-state index in [4.69, 9.17) is 11.6 Å². The van der Waals surface area contributed by atoms with Crippen molar-refractivity contribution in [3.63, 3.8) is 0 Å². The highest BCUT2D eigenvalue weighted by Gasteiger charge is 2.08. The lowest BCUT2D eigenvalue weighted by Gasteiger charge is -2.00. The molecule has 9 heteroatoms. The van der Waals surface area contributed by atoms with Gasteiger partial charge in [0.05, 0.1) is 28.9 Å². The maximum atomic E-state index is 12.0. The van der Waals surface area contributed by atoms with Crippen molar-refractivity contribution in [2.24, 2.45) is 5.10 Å². The van der Waals surface area contributed by atoms with Gasteiger partial charge in [0.15, 0.2) is 0 Å². The van der Waals surface area contributed by atoms with Gasteiger partial charge in [-0.25, -0.2) is 10.1 Å². The average Bonchev–Trinajstić information content (AvgIpc) is 3.04. The van der Waals surface area contributed by atoms with E-state index >= 15 is 0 Å². The summed E-state index contributed by atoms with van der Waals surface area (Å²) in [4.78, 5) is 22.2. The number of non-ortho nitro benzene ring substituents is 1. The van der Waals surface area contributed by atoms with E-state index < -0.39 is 4.92 Å². The Morgan fingerprint density at radius 2 is 1.93 bits per heavy atom. The summed E-state index contributed by atoms with van der Waals surface area (Å²) in [7, 11) is 0. The Labute approximate surface area is 165 Å². The molecule has 142 valence electrons. The van der Waals surface area contributed by atoms with Crippen molar-refractivity contribution in [2.75, 3.05) is 0 Å². The zero-order valence-electron chi connectivity index (χ0n) is 14.9. The normalized spacial score (nSPS) is 10.9. The predicted molar refractivity (Wildman–Crippen MR) is 106 cm³/mol. The molecule has 0 aliphatic heterocycles. The standard InChI is InChI=1S/C19H16ClN5O3/c1-13-15(11-21-22-19(26)10-14-2-4-16(20)5-3-14)12-24(23-13)17-6-8-18(9-7-17)25(27)28/h2-9,11-12H,10H2,1H3,(H,22,26)/b21-11+. The topological polar surface area (TPSA) is 102 Å². The van der Waals surface area contributed by atoms with Gasteiger partial charge in [-0.3, -0.25) is 14.9 Å². The fraction of sp³-hybridized carbons (Fsp3) is 0.105. The fourth-order valence-electron chi connectivity index (χ4n) is 2.46. The zero-order valence-corrected chi connectivity index (χ0v) is 15.6. The molecule has 0 aliphatic carbocycles. The molecule has 1 amide bonds. The SMILES string of the molecule is Cc1nn(-c2ccc([N+](=O)[O-])cc2)cc1/C=N/NC(=O)Cc1ccc(Cl)cc1. The van der Waals surface area contributed by atoms with Crippen LogP contribution in [0.25, 0.3) is 5.69 Å². The van der Waals surface area contributed by atoms with Gasteiger partial charge in [-0.1, -0.05) is 23.7 Å². The van der Waals surface area contributed by atoms with E-state index in [0.717, 1.165) is 5.56 Å². The van der Waals surface area contributed by atoms with Gasteiger partial charge in [0.2, 0.25) is 5.91 Å². The summed E-state index contributed by atoms with van der Waals surface area (Å²) in [5.74, 6) is -0.251. The van der Waals surface area contributed by atoms with Crippen LogP contribution in [0.4, 0.5) is 5.69 Å². The molecule has 0 saturated carbocycles. The zero-order chi connectivity index (χ0) is 20.1. The number of carbonyl (C=O) groups is 1. The maximum absolute atomic E-state index is 12.0. The lowest BCUT2D eigenvalue weighted by Crippen LogP contribution is -2.19. The molecular formula is C19H16ClN5O3. The van der Waals surface area contributed by atoms with Gasteiger partial charge in [0.1, 0.15) is 0 Å². The maximum Gasteiger partial charge on any atom is 0.269 e. The molecule has 1 N–H and O–H groups in total. The first kappa shape index (κ1) is 19.2. The Hall–Kier alpha value is -3.52. The summed E-state index contributed by atoms with van der Waals surface area (Å²) >= 11 is 5.82. The second kappa shape index (κ2) is 8.45. The monoisotopic (exact) mass is 397 g/mol. The molecule has 0 bridgehead atoms. The Morgan fingerprint density at radius 1 is 1.25 bits per heavy atom. The molecule has 0 fully saturated rings. The van der Waals surface area contributed by atoms with Crippen LogP contribution in [0, 0.1) is 17.0 Å². The smallest absolute Gasteiger partial charge is 0.269 e. The van der Waals surface area contributed by atoms with Crippen molar-refractivity contribution in [1.29, 1.82) is 0 Å². The van der Waals surface area contributed by atoms with Crippen LogP contribution in [0.1, 0.15) is 16.8 Å². The first-order valence-corrected chi connectivity index (χ1v) is 8.67. The van der Waals surface area contributed by atoms with Crippen LogP contribution in [-0.2, 0) is 11.2 Å². The molecule has 0 unspecified atom stereocenters. The highest BCUT2D eigenvalue weighted by Crippen LogP contribution is 2.16. The Bertz CT molecular complexity index is 1030. The van der Waals surface area contributed by atoms with E-state index in [-0.39, 0.29) is 18.0 Å². The molecule has 0 atom stereocenters. The van der Waals surface area contributed by atoms with Gasteiger partial charge in [-0.15, -0.1) is 0 Å². The second-order valence-electron chi connectivity index (χ2n) is 5.98. The third kappa shape index (κ3) is 4.80. The Kier molecular flexibility index (Phi) is 5.81. The number of nitrogens with zero attached hydrogens (tertiary/aromatic N) is 4. The van der Waals surface area contributed by atoms with Crippen molar-refractivity contribution in [3.8, 4) is 5.69 Å². The molecule has 3 aromatic rings. The van der Waals surface area contributed by atoms with Crippen LogP contribution in [0.5, 0.6) is 0 Å². The number of benzene rings is 2. The molecule has 0 aliphatic rings. The summed E-state index contributed by atoms with van der Waals surface area (Å²) in [6, 6.07) is 13.1. The number of hydrogen-bond donors (Lipinski definition) is 1. The largest absolute Gasteiger partial charge is 0.273 e. The van der Waals surface area contributed by atoms with Gasteiger partial charge < -0.3 is 0 Å². The molecule has 28 heavy (non-hydrogen) atoms. The number of aromatic nitrogens is 2. The van der Waals surface area contributed by atoms with E-state index in [1.54, 1.807) is 54.2 Å². The number of hydrazone groups is 1. The van der Waals surface area contributed by atoms with E-state index in [1.807, 2.05) is 0 Å². The van der Waals surface area contributed by atoms with Crippen LogP contribution in [0.2, 0.25) is 5.02 Å². The van der Waals surface area contributed by atoms with E-state index in [9.17, 15) is 14.9 Å². The van der Waals surface area contributed by atoms with E-state index in [0.29, 0.717) is 22.0 Å². The number of rotatable bonds is 6. The number of hydrogen-bond acceptors (Lipinski definition) is 5. The summed E-state index contributed by atoms with van der Waals surface area (Å²) < 4.78 is 1.59. The number of nitrogens with one attached hydrogen (secondary N) is 1. The van der Waals surface area contributed by atoms with Crippen molar-refractivity contribution in [1.82, 2.24) is 15.2 Å². The first-order chi connectivity index (χ1) is 13.4. The quantitative estimate of drug-likeness (QED) is 0.391. The predicted octanol–water partition coefficient (Wildman–Crippen LogP) is 3.44. The Balaban J connectivity index is 1.63. The highest BCUT2D eigenvalue weighted by molar-refractivity contribution is 6.30. The lowest BCUT2D eigenvalue weighted by atomic mass is 10.1. The Morgan fingerprint density at radius 3 is 2.57 bits per heavy atom. The molecule has 8 nitrogen and oxygen atoms in total. The number of amides is 1. The lowest BCUT2D eigenvalue weighted by molar-refractivity contribution is -0.384. The average molecular weight is 398 g/mol. The first-order valence-electron chi connectivity index (χ1n) is 8.30. The molecule has 0 spiro atoms. The molecule has 1 aromatic heterocycles.